The van der Waals surface area contributed by atoms with Crippen molar-refractivity contribution in [3.8, 4) is 0 Å². The summed E-state index contributed by atoms with van der Waals surface area (Å²) < 4.78 is 0. The fraction of sp³-hybridized carbons (Fsp3) is 0.469. The molecule has 1 fully saturated rings. The molecule has 5 atom stereocenters. The van der Waals surface area contributed by atoms with E-state index in [1.54, 1.807) is 34.6 Å². The maximum absolute atomic E-state index is 13.7. The minimum absolute atomic E-state index is 0.109. The molecule has 0 bridgehead atoms. The third-order valence-electron chi connectivity index (χ3n) is 6.72. The molecule has 5 N–H and O–H groups in total. The van der Waals surface area contributed by atoms with E-state index in [2.05, 4.69) is 46.3 Å². The lowest BCUT2D eigenvalue weighted by Crippen LogP contribution is -2.59. The van der Waals surface area contributed by atoms with E-state index < -0.39 is 59.7 Å². The molecule has 10 nitrogen and oxygen atoms in total. The van der Waals surface area contributed by atoms with Gasteiger partial charge in [0.05, 0.1) is 0 Å². The molecule has 1 saturated heterocycles. The molecular weight excluding hydrogens is 534 g/mol. The van der Waals surface area contributed by atoms with E-state index in [1.165, 1.54) is 0 Å². The minimum atomic E-state index is -1.07. The van der Waals surface area contributed by atoms with Crippen LogP contribution in [0.3, 0.4) is 0 Å². The Kier molecular flexibility index (Phi) is 12.7. The van der Waals surface area contributed by atoms with E-state index in [-0.39, 0.29) is 31.6 Å². The molecule has 5 amide bonds. The van der Waals surface area contributed by atoms with Gasteiger partial charge in [0.25, 0.3) is 0 Å². The maximum Gasteiger partial charge on any atom is 0.243 e. The number of hydrogen-bond acceptors (Lipinski definition) is 5. The molecule has 2 rings (SSSR count). The van der Waals surface area contributed by atoms with Gasteiger partial charge in [-0.1, -0.05) is 60.9 Å². The van der Waals surface area contributed by atoms with Crippen LogP contribution in [0.15, 0.2) is 66.8 Å². The fourth-order valence-electron chi connectivity index (χ4n) is 4.60. The molecule has 1 aliphatic heterocycles. The van der Waals surface area contributed by atoms with Gasteiger partial charge in [0.15, 0.2) is 0 Å². The molecule has 0 unspecified atom stereocenters. The summed E-state index contributed by atoms with van der Waals surface area (Å²) >= 11 is 0. The van der Waals surface area contributed by atoms with Gasteiger partial charge >= 0.3 is 0 Å². The van der Waals surface area contributed by atoms with E-state index in [1.807, 2.05) is 30.3 Å². The van der Waals surface area contributed by atoms with Gasteiger partial charge in [-0.05, 0) is 51.5 Å². The molecule has 0 aliphatic carbocycles. The second-order valence-electron chi connectivity index (χ2n) is 11.6. The van der Waals surface area contributed by atoms with E-state index in [0.717, 1.165) is 5.56 Å². The minimum Gasteiger partial charge on any atom is -0.342 e. The number of amides is 5. The number of nitrogens with one attached hydrogen (secondary N) is 5. The van der Waals surface area contributed by atoms with Crippen LogP contribution in [-0.2, 0) is 30.4 Å². The highest BCUT2D eigenvalue weighted by Crippen LogP contribution is 2.12. The predicted octanol–water partition coefficient (Wildman–Crippen LogP) is 2.22. The average molecular weight is 580 g/mol. The van der Waals surface area contributed by atoms with Crippen molar-refractivity contribution < 1.29 is 24.0 Å². The van der Waals surface area contributed by atoms with Crippen LogP contribution in [0.25, 0.3) is 0 Å². The molecule has 1 aromatic carbocycles. The lowest BCUT2D eigenvalue weighted by molar-refractivity contribution is -0.134. The Hall–Kier alpha value is -4.21. The normalized spacial score (nSPS) is 24.2. The van der Waals surface area contributed by atoms with Gasteiger partial charge in [-0.25, -0.2) is 0 Å². The SMILES string of the molecule is C=C(C)C[C@@H]1NC(=O)[C@@H](CC(=C)C)NC(=O)[C@@H](Cc2ccccc2)NC(=O)[C@H](CC(=C)C)NC(=O)[C@@H](C(C)C)NC1=O. The molecule has 10 heteroatoms. The van der Waals surface area contributed by atoms with Crippen LogP contribution in [0.4, 0.5) is 0 Å². The smallest absolute Gasteiger partial charge is 0.243 e. The van der Waals surface area contributed by atoms with Crippen molar-refractivity contribution in [3.63, 3.8) is 0 Å². The monoisotopic (exact) mass is 579 g/mol. The third kappa shape index (κ3) is 10.6. The Labute approximate surface area is 248 Å². The summed E-state index contributed by atoms with van der Waals surface area (Å²) in [6.45, 7) is 20.4. The van der Waals surface area contributed by atoms with Crippen LogP contribution in [0.1, 0.15) is 59.4 Å². The van der Waals surface area contributed by atoms with Crippen LogP contribution in [0, 0.1) is 5.92 Å². The number of rotatable bonds is 9. The zero-order chi connectivity index (χ0) is 31.6. The van der Waals surface area contributed by atoms with Crippen molar-refractivity contribution in [1.29, 1.82) is 0 Å². The predicted molar refractivity (Wildman–Crippen MR) is 163 cm³/mol. The number of hydrogen-bond donors (Lipinski definition) is 5. The third-order valence-corrected chi connectivity index (χ3v) is 6.72. The van der Waals surface area contributed by atoms with Gasteiger partial charge in [-0.15, -0.1) is 19.7 Å². The standard InChI is InChI=1S/C32H45N5O5/c1-18(2)14-23-28(38)34-25(16-20(5)6)31(41)37-27(21(7)8)32(42)36-24(15-19(3)4)29(39)35-26(30(40)33-23)17-22-12-10-9-11-13-22/h9-13,21,23-27H,1,3,5,14-17H2,2,4,6-8H3,(H,33,40)(H,34,38)(H,35,39)(H,36,42)(H,37,41)/t23-,24+,25+,26-,27-/m1/s1. The lowest BCUT2D eigenvalue weighted by Gasteiger charge is -2.28. The van der Waals surface area contributed by atoms with Crippen LogP contribution in [0.2, 0.25) is 0 Å². The van der Waals surface area contributed by atoms with Crippen LogP contribution in [0.5, 0.6) is 0 Å². The first-order chi connectivity index (χ1) is 19.7. The van der Waals surface area contributed by atoms with Gasteiger partial charge in [0.1, 0.15) is 30.2 Å². The van der Waals surface area contributed by atoms with Gasteiger partial charge in [-0.3, -0.25) is 24.0 Å². The van der Waals surface area contributed by atoms with Gasteiger partial charge in [0.2, 0.25) is 29.5 Å². The highest BCUT2D eigenvalue weighted by Gasteiger charge is 2.35. The second-order valence-corrected chi connectivity index (χ2v) is 11.6. The maximum atomic E-state index is 13.7. The highest BCUT2D eigenvalue weighted by atomic mass is 16.2. The molecule has 0 aromatic heterocycles. The summed E-state index contributed by atoms with van der Waals surface area (Å²) in [6, 6.07) is 3.89. The van der Waals surface area contributed by atoms with Crippen LogP contribution >= 0.6 is 0 Å². The largest absolute Gasteiger partial charge is 0.342 e. The number of carbonyl (C=O) groups excluding carboxylic acids is 5. The quantitative estimate of drug-likeness (QED) is 0.285. The summed E-state index contributed by atoms with van der Waals surface area (Å²) in [7, 11) is 0. The molecule has 0 saturated carbocycles. The molecule has 1 aromatic rings. The van der Waals surface area contributed by atoms with E-state index in [9.17, 15) is 24.0 Å². The summed E-state index contributed by atoms with van der Waals surface area (Å²) in [5, 5.41) is 13.7. The lowest BCUT2D eigenvalue weighted by atomic mass is 10.00. The molecule has 228 valence electrons. The second kappa shape index (κ2) is 15.7. The first-order valence-electron chi connectivity index (χ1n) is 14.2. The Bertz CT molecular complexity index is 1210. The zero-order valence-corrected chi connectivity index (χ0v) is 25.3. The molecule has 0 radical (unpaired) electrons. The van der Waals surface area contributed by atoms with Crippen molar-refractivity contribution in [2.45, 2.75) is 90.5 Å². The molecule has 1 heterocycles. The van der Waals surface area contributed by atoms with Crippen molar-refractivity contribution in [3.05, 3.63) is 72.4 Å². The summed E-state index contributed by atoms with van der Waals surface area (Å²) in [6.07, 6.45) is 0.484. The van der Waals surface area contributed by atoms with E-state index in [4.69, 9.17) is 0 Å². The summed E-state index contributed by atoms with van der Waals surface area (Å²) in [4.78, 5) is 67.6. The summed E-state index contributed by atoms with van der Waals surface area (Å²) in [5.41, 5.74) is 2.70. The van der Waals surface area contributed by atoms with E-state index in [0.29, 0.717) is 16.7 Å². The van der Waals surface area contributed by atoms with E-state index >= 15 is 0 Å². The highest BCUT2D eigenvalue weighted by molar-refractivity contribution is 5.98. The first-order valence-corrected chi connectivity index (χ1v) is 14.2. The Morgan fingerprint density at radius 2 is 0.952 bits per heavy atom. The van der Waals surface area contributed by atoms with Gasteiger partial charge in [-0.2, -0.15) is 0 Å². The van der Waals surface area contributed by atoms with Crippen LogP contribution < -0.4 is 26.6 Å². The Balaban J connectivity index is 2.61. The van der Waals surface area contributed by atoms with Gasteiger partial charge < -0.3 is 26.6 Å². The average Bonchev–Trinajstić information content (AvgIpc) is 2.89. The van der Waals surface area contributed by atoms with Crippen LogP contribution in [-0.4, -0.2) is 59.7 Å². The number of carbonyl (C=O) groups is 5. The van der Waals surface area contributed by atoms with Crippen molar-refractivity contribution in [2.24, 2.45) is 5.92 Å². The Morgan fingerprint density at radius 3 is 1.36 bits per heavy atom. The van der Waals surface area contributed by atoms with Crippen molar-refractivity contribution >= 4 is 29.5 Å². The van der Waals surface area contributed by atoms with Gasteiger partial charge in [0, 0.05) is 6.42 Å². The first kappa shape index (κ1) is 34.0. The summed E-state index contributed by atoms with van der Waals surface area (Å²) in [5.74, 6) is -3.28. The molecule has 1 aliphatic rings. The molecule has 0 spiro atoms. The fourth-order valence-corrected chi connectivity index (χ4v) is 4.60. The van der Waals surface area contributed by atoms with Crippen molar-refractivity contribution in [1.82, 2.24) is 26.6 Å². The number of benzene rings is 1. The Morgan fingerprint density at radius 1 is 0.595 bits per heavy atom. The zero-order valence-electron chi connectivity index (χ0n) is 25.3. The topological polar surface area (TPSA) is 146 Å². The van der Waals surface area contributed by atoms with Crippen molar-refractivity contribution in [2.75, 3.05) is 0 Å². The molecule has 42 heavy (non-hydrogen) atoms. The molecular formula is C32H45N5O5.